The summed E-state index contributed by atoms with van der Waals surface area (Å²) in [4.78, 5) is 24.4. The summed E-state index contributed by atoms with van der Waals surface area (Å²) in [7, 11) is 1.30. The Hall–Kier alpha value is -4.34. The lowest BCUT2D eigenvalue weighted by atomic mass is 10.1. The molecule has 1 heterocycles. The number of carbonyl (C=O) groups is 2. The largest absolute Gasteiger partial charge is 0.465 e. The van der Waals surface area contributed by atoms with Crippen molar-refractivity contribution in [3.05, 3.63) is 106 Å². The van der Waals surface area contributed by atoms with Gasteiger partial charge in [-0.25, -0.2) is 4.79 Å². The Morgan fingerprint density at radius 2 is 1.85 bits per heavy atom. The Labute approximate surface area is 201 Å². The second-order valence-electron chi connectivity index (χ2n) is 7.55. The van der Waals surface area contributed by atoms with Gasteiger partial charge in [-0.2, -0.15) is 5.26 Å². The Kier molecular flexibility index (Phi) is 6.77. The van der Waals surface area contributed by atoms with Gasteiger partial charge in [-0.15, -0.1) is 0 Å². The number of rotatable bonds is 6. The summed E-state index contributed by atoms with van der Waals surface area (Å²) in [6.07, 6.45) is 3.50. The zero-order chi connectivity index (χ0) is 24.1. The molecule has 0 aliphatic rings. The van der Waals surface area contributed by atoms with Crippen molar-refractivity contribution in [1.82, 2.24) is 4.57 Å². The highest BCUT2D eigenvalue weighted by molar-refractivity contribution is 6.30. The van der Waals surface area contributed by atoms with Crippen molar-refractivity contribution in [1.29, 1.82) is 5.26 Å². The maximum absolute atomic E-state index is 12.8. The number of fused-ring (bicyclic) bond motifs is 1. The third kappa shape index (κ3) is 5.01. The molecule has 1 amide bonds. The summed E-state index contributed by atoms with van der Waals surface area (Å²) >= 11 is 6.13. The summed E-state index contributed by atoms with van der Waals surface area (Å²) in [5.74, 6) is -1.01. The molecule has 0 saturated heterocycles. The molecule has 34 heavy (non-hydrogen) atoms. The standard InChI is InChI=1S/C27H20ClN3O3/c1-34-27(33)19-9-11-23(12-10-19)30-26(32)20(15-29)14-21-17-31(25-8-3-2-7-24(21)25)16-18-5-4-6-22(28)13-18/h2-14,17H,16H2,1H3,(H,30,32)/b20-14+. The average molecular weight is 470 g/mol. The number of methoxy groups -OCH3 is 1. The molecule has 0 unspecified atom stereocenters. The minimum atomic E-state index is -0.542. The van der Waals surface area contributed by atoms with E-state index in [1.165, 1.54) is 7.11 Å². The van der Waals surface area contributed by atoms with Crippen LogP contribution in [0.2, 0.25) is 5.02 Å². The van der Waals surface area contributed by atoms with Crippen LogP contribution in [-0.4, -0.2) is 23.6 Å². The molecule has 1 aromatic heterocycles. The van der Waals surface area contributed by atoms with E-state index in [1.807, 2.05) is 60.8 Å². The quantitative estimate of drug-likeness (QED) is 0.224. The first-order chi connectivity index (χ1) is 16.5. The van der Waals surface area contributed by atoms with Crippen LogP contribution < -0.4 is 5.32 Å². The molecule has 3 aromatic carbocycles. The van der Waals surface area contributed by atoms with Crippen molar-refractivity contribution in [2.75, 3.05) is 12.4 Å². The molecule has 0 atom stereocenters. The summed E-state index contributed by atoms with van der Waals surface area (Å²) in [5.41, 5.74) is 3.56. The smallest absolute Gasteiger partial charge is 0.337 e. The summed E-state index contributed by atoms with van der Waals surface area (Å²) in [5, 5.41) is 14.0. The predicted octanol–water partition coefficient (Wildman–Crippen LogP) is 5.68. The molecule has 168 valence electrons. The molecule has 0 radical (unpaired) electrons. The highest BCUT2D eigenvalue weighted by Crippen LogP contribution is 2.25. The molecular weight excluding hydrogens is 450 g/mol. The molecule has 7 heteroatoms. The van der Waals surface area contributed by atoms with Crippen LogP contribution in [0.15, 0.2) is 84.6 Å². The monoisotopic (exact) mass is 469 g/mol. The second-order valence-corrected chi connectivity index (χ2v) is 7.99. The van der Waals surface area contributed by atoms with Gasteiger partial charge in [0.1, 0.15) is 11.6 Å². The Balaban J connectivity index is 1.62. The van der Waals surface area contributed by atoms with Crippen molar-refractivity contribution in [2.45, 2.75) is 6.54 Å². The normalized spacial score (nSPS) is 11.1. The lowest BCUT2D eigenvalue weighted by molar-refractivity contribution is -0.112. The third-order valence-electron chi connectivity index (χ3n) is 5.29. The van der Waals surface area contributed by atoms with Crippen molar-refractivity contribution >= 4 is 46.1 Å². The van der Waals surface area contributed by atoms with Crippen LogP contribution in [0.4, 0.5) is 5.69 Å². The first kappa shape index (κ1) is 22.8. The number of para-hydroxylation sites is 1. The van der Waals surface area contributed by atoms with E-state index >= 15 is 0 Å². The molecule has 0 saturated carbocycles. The number of esters is 1. The molecule has 0 aliphatic carbocycles. The van der Waals surface area contributed by atoms with Crippen LogP contribution in [0.1, 0.15) is 21.5 Å². The molecule has 0 spiro atoms. The van der Waals surface area contributed by atoms with Crippen molar-refractivity contribution < 1.29 is 14.3 Å². The number of benzene rings is 3. The van der Waals surface area contributed by atoms with Gasteiger partial charge in [0, 0.05) is 39.9 Å². The highest BCUT2D eigenvalue weighted by atomic mass is 35.5. The Bertz CT molecular complexity index is 1450. The maximum atomic E-state index is 12.8. The number of ether oxygens (including phenoxy) is 1. The highest BCUT2D eigenvalue weighted by Gasteiger charge is 2.14. The number of carbonyl (C=O) groups excluding carboxylic acids is 2. The molecule has 6 nitrogen and oxygen atoms in total. The van der Waals surface area contributed by atoms with Crippen LogP contribution in [0.25, 0.3) is 17.0 Å². The number of halogens is 1. The number of hydrogen-bond acceptors (Lipinski definition) is 4. The van der Waals surface area contributed by atoms with E-state index in [0.717, 1.165) is 22.0 Å². The lowest BCUT2D eigenvalue weighted by Crippen LogP contribution is -2.13. The predicted molar refractivity (Wildman–Crippen MR) is 132 cm³/mol. The zero-order valence-corrected chi connectivity index (χ0v) is 19.0. The molecular formula is C27H20ClN3O3. The lowest BCUT2D eigenvalue weighted by Gasteiger charge is -2.06. The summed E-state index contributed by atoms with van der Waals surface area (Å²) in [6.45, 7) is 0.593. The average Bonchev–Trinajstić information content (AvgIpc) is 3.19. The van der Waals surface area contributed by atoms with Crippen LogP contribution >= 0.6 is 11.6 Å². The fourth-order valence-electron chi connectivity index (χ4n) is 3.66. The number of nitrogens with zero attached hydrogens (tertiary/aromatic N) is 2. The number of anilines is 1. The SMILES string of the molecule is COC(=O)c1ccc(NC(=O)/C(C#N)=C/c2cn(Cc3cccc(Cl)c3)c3ccccc23)cc1. The fourth-order valence-corrected chi connectivity index (χ4v) is 3.88. The van der Waals surface area contributed by atoms with Crippen LogP contribution in [-0.2, 0) is 16.1 Å². The van der Waals surface area contributed by atoms with Gasteiger partial charge in [0.2, 0.25) is 0 Å². The number of nitrogens with one attached hydrogen (secondary N) is 1. The summed E-state index contributed by atoms with van der Waals surface area (Å²) in [6, 6.07) is 23.7. The zero-order valence-electron chi connectivity index (χ0n) is 18.3. The minimum Gasteiger partial charge on any atom is -0.465 e. The van der Waals surface area contributed by atoms with Crippen LogP contribution in [0.5, 0.6) is 0 Å². The molecule has 0 bridgehead atoms. The Morgan fingerprint density at radius 3 is 2.56 bits per heavy atom. The van der Waals surface area contributed by atoms with Gasteiger partial charge < -0.3 is 14.6 Å². The molecule has 1 N–H and O–H groups in total. The van der Waals surface area contributed by atoms with Crippen LogP contribution in [0.3, 0.4) is 0 Å². The van der Waals surface area contributed by atoms with Gasteiger partial charge in [-0.3, -0.25) is 4.79 Å². The van der Waals surface area contributed by atoms with E-state index < -0.39 is 11.9 Å². The van der Waals surface area contributed by atoms with Gasteiger partial charge >= 0.3 is 5.97 Å². The van der Waals surface area contributed by atoms with Crippen LogP contribution in [0, 0.1) is 11.3 Å². The number of amides is 1. The van der Waals surface area contributed by atoms with E-state index in [-0.39, 0.29) is 5.57 Å². The Morgan fingerprint density at radius 1 is 1.09 bits per heavy atom. The van der Waals surface area contributed by atoms with E-state index in [1.54, 1.807) is 30.3 Å². The van der Waals surface area contributed by atoms with E-state index in [0.29, 0.717) is 22.8 Å². The molecule has 4 aromatic rings. The van der Waals surface area contributed by atoms with Crippen molar-refractivity contribution in [3.63, 3.8) is 0 Å². The maximum Gasteiger partial charge on any atom is 0.337 e. The van der Waals surface area contributed by atoms with Crippen molar-refractivity contribution in [3.8, 4) is 6.07 Å². The van der Waals surface area contributed by atoms with Gasteiger partial charge in [0.15, 0.2) is 0 Å². The minimum absolute atomic E-state index is 0.0392. The molecule has 0 fully saturated rings. The van der Waals surface area contributed by atoms with E-state index in [9.17, 15) is 14.9 Å². The molecule has 0 aliphatic heterocycles. The summed E-state index contributed by atoms with van der Waals surface area (Å²) < 4.78 is 6.73. The van der Waals surface area contributed by atoms with Gasteiger partial charge in [0.05, 0.1) is 12.7 Å². The number of nitriles is 1. The molecule has 4 rings (SSSR count). The van der Waals surface area contributed by atoms with Gasteiger partial charge in [-0.05, 0) is 54.1 Å². The topological polar surface area (TPSA) is 84.1 Å². The van der Waals surface area contributed by atoms with Gasteiger partial charge in [0.25, 0.3) is 5.91 Å². The first-order valence-corrected chi connectivity index (χ1v) is 10.8. The number of hydrogen-bond donors (Lipinski definition) is 1. The second kappa shape index (κ2) is 10.1. The number of aromatic nitrogens is 1. The first-order valence-electron chi connectivity index (χ1n) is 10.4. The third-order valence-corrected chi connectivity index (χ3v) is 5.53. The fraction of sp³-hybridized carbons (Fsp3) is 0.0741. The van der Waals surface area contributed by atoms with Crippen molar-refractivity contribution in [2.24, 2.45) is 0 Å². The van der Waals surface area contributed by atoms with E-state index in [2.05, 4.69) is 14.6 Å². The van der Waals surface area contributed by atoms with Gasteiger partial charge in [-0.1, -0.05) is 41.9 Å². The van der Waals surface area contributed by atoms with E-state index in [4.69, 9.17) is 11.6 Å².